The summed E-state index contributed by atoms with van der Waals surface area (Å²) in [5.41, 5.74) is 0. The highest BCUT2D eigenvalue weighted by molar-refractivity contribution is 5.71. The fourth-order valence-corrected chi connectivity index (χ4v) is 6.93. The first-order valence-electron chi connectivity index (χ1n) is 27.0. The van der Waals surface area contributed by atoms with Gasteiger partial charge in [-0.15, -0.1) is 0 Å². The van der Waals surface area contributed by atoms with E-state index in [-0.39, 0.29) is 37.5 Å². The second kappa shape index (κ2) is 54.4. The van der Waals surface area contributed by atoms with Crippen molar-refractivity contribution in [2.24, 2.45) is 0 Å². The van der Waals surface area contributed by atoms with E-state index in [0.717, 1.165) is 128 Å². The number of carbonyl (C=O) groups is 3. The summed E-state index contributed by atoms with van der Waals surface area (Å²) in [7, 11) is 0. The molecule has 0 aliphatic rings. The molecule has 0 aromatic rings. The van der Waals surface area contributed by atoms with Gasteiger partial charge in [0, 0.05) is 19.3 Å². The minimum absolute atomic E-state index is 0.111. The van der Waals surface area contributed by atoms with Crippen LogP contribution in [0.1, 0.15) is 226 Å². The maximum atomic E-state index is 12.8. The number of esters is 3. The molecule has 0 aromatic carbocycles. The van der Waals surface area contributed by atoms with Crippen LogP contribution in [0.15, 0.2) is 122 Å². The Kier molecular flexibility index (Phi) is 51.0. The average Bonchev–Trinajstić information content (AvgIpc) is 3.33. The molecule has 0 aliphatic carbocycles. The van der Waals surface area contributed by atoms with Crippen molar-refractivity contribution >= 4 is 17.9 Å². The van der Waals surface area contributed by atoms with Gasteiger partial charge in [-0.2, -0.15) is 0 Å². The van der Waals surface area contributed by atoms with E-state index in [1.165, 1.54) is 51.4 Å². The fourth-order valence-electron chi connectivity index (χ4n) is 6.93. The van der Waals surface area contributed by atoms with Crippen LogP contribution >= 0.6 is 0 Å². The van der Waals surface area contributed by atoms with Crippen LogP contribution < -0.4 is 0 Å². The van der Waals surface area contributed by atoms with Crippen LogP contribution in [0.25, 0.3) is 0 Å². The molecule has 0 saturated heterocycles. The Morgan fingerprint density at radius 3 is 0.970 bits per heavy atom. The number of ether oxygens (including phenoxy) is 3. The summed E-state index contributed by atoms with van der Waals surface area (Å²) in [5.74, 6) is -1.000. The lowest BCUT2D eigenvalue weighted by molar-refractivity contribution is -0.167. The molecule has 0 saturated carbocycles. The van der Waals surface area contributed by atoms with Gasteiger partial charge >= 0.3 is 17.9 Å². The molecule has 67 heavy (non-hydrogen) atoms. The predicted molar refractivity (Wildman–Crippen MR) is 288 cm³/mol. The highest BCUT2D eigenvalue weighted by Crippen LogP contribution is 2.13. The third-order valence-corrected chi connectivity index (χ3v) is 10.9. The fraction of sp³-hybridized carbons (Fsp3) is 0.623. The molecule has 0 unspecified atom stereocenters. The number of allylic oxidation sites excluding steroid dienone is 20. The lowest BCUT2D eigenvalue weighted by atomic mass is 10.1. The van der Waals surface area contributed by atoms with Gasteiger partial charge < -0.3 is 14.2 Å². The Bertz CT molecular complexity index is 1440. The topological polar surface area (TPSA) is 78.9 Å². The summed E-state index contributed by atoms with van der Waals surface area (Å²) in [4.78, 5) is 38.1. The van der Waals surface area contributed by atoms with Gasteiger partial charge in [-0.05, 0) is 122 Å². The number of carbonyl (C=O) groups excluding carboxylic acids is 3. The Morgan fingerprint density at radius 1 is 0.313 bits per heavy atom. The van der Waals surface area contributed by atoms with Crippen LogP contribution in [0.2, 0.25) is 0 Å². The van der Waals surface area contributed by atoms with Gasteiger partial charge in [0.2, 0.25) is 0 Å². The molecule has 0 amide bonds. The minimum atomic E-state index is -0.816. The van der Waals surface area contributed by atoms with Crippen LogP contribution in [0.4, 0.5) is 0 Å². The van der Waals surface area contributed by atoms with E-state index in [4.69, 9.17) is 14.2 Å². The second-order valence-electron chi connectivity index (χ2n) is 17.4. The van der Waals surface area contributed by atoms with Gasteiger partial charge in [-0.25, -0.2) is 0 Å². The molecule has 1 atom stereocenters. The van der Waals surface area contributed by atoms with Gasteiger partial charge in [0.15, 0.2) is 6.10 Å². The van der Waals surface area contributed by atoms with E-state index in [9.17, 15) is 14.4 Å². The van der Waals surface area contributed by atoms with Gasteiger partial charge in [0.25, 0.3) is 0 Å². The van der Waals surface area contributed by atoms with Gasteiger partial charge in [-0.3, -0.25) is 14.4 Å². The van der Waals surface area contributed by atoms with E-state index in [1.807, 2.05) is 0 Å². The Labute approximate surface area is 412 Å². The van der Waals surface area contributed by atoms with Crippen molar-refractivity contribution in [2.75, 3.05) is 13.2 Å². The highest BCUT2D eigenvalue weighted by Gasteiger charge is 2.19. The van der Waals surface area contributed by atoms with Crippen molar-refractivity contribution in [1.29, 1.82) is 0 Å². The summed E-state index contributed by atoms with van der Waals surface area (Å²) in [6, 6.07) is 0. The molecule has 0 bridgehead atoms. The van der Waals surface area contributed by atoms with Crippen LogP contribution in [0, 0.1) is 0 Å². The first-order valence-corrected chi connectivity index (χ1v) is 27.0. The van der Waals surface area contributed by atoms with Crippen LogP contribution in [0.5, 0.6) is 0 Å². The molecular weight excluding hydrogens is 829 g/mol. The number of rotatable bonds is 47. The third kappa shape index (κ3) is 52.6. The minimum Gasteiger partial charge on any atom is -0.462 e. The van der Waals surface area contributed by atoms with Gasteiger partial charge in [-0.1, -0.05) is 206 Å². The molecule has 0 rings (SSSR count). The summed E-state index contributed by atoms with van der Waals surface area (Å²) < 4.78 is 16.8. The maximum Gasteiger partial charge on any atom is 0.306 e. The van der Waals surface area contributed by atoms with Crippen molar-refractivity contribution in [2.45, 2.75) is 232 Å². The Balaban J connectivity index is 4.54. The Hall–Kier alpha value is -4.19. The third-order valence-electron chi connectivity index (χ3n) is 10.9. The standard InChI is InChI=1S/C61H98O6/c1-4-7-10-13-16-19-22-25-28-30-33-36-39-42-45-48-51-54-60(63)66-57-58(56-65-59(62)53-50-47-44-41-38-35-32-27-24-21-18-15-12-9-6-3)67-61(64)55-52-49-46-43-40-37-34-31-29-26-23-20-17-14-11-8-5-2/h7,9-10,12,16-21,25-29,32-33,36,42,45,58H,4-6,8,11,13-15,22-24,30-31,34-35,37-41,43-44,46-57H2,1-3H3/b10-7-,12-9-,19-16-,20-17-,21-18-,28-25-,29-26-,32-27-,36-33-,45-42-/t58-/m0/s1. The lowest BCUT2D eigenvalue weighted by Gasteiger charge is -2.18. The zero-order valence-electron chi connectivity index (χ0n) is 43.1. The molecule has 0 N–H and O–H groups in total. The van der Waals surface area contributed by atoms with Crippen molar-refractivity contribution in [1.82, 2.24) is 0 Å². The van der Waals surface area contributed by atoms with Crippen LogP contribution in [-0.2, 0) is 28.6 Å². The number of unbranched alkanes of at least 4 members (excludes halogenated alkanes) is 16. The summed E-state index contributed by atoms with van der Waals surface area (Å²) >= 11 is 0. The summed E-state index contributed by atoms with van der Waals surface area (Å²) in [6.07, 6.45) is 74.7. The van der Waals surface area contributed by atoms with Gasteiger partial charge in [0.1, 0.15) is 13.2 Å². The molecule has 0 aromatic heterocycles. The molecule has 6 nitrogen and oxygen atoms in total. The molecule has 0 heterocycles. The molecule has 0 fully saturated rings. The largest absolute Gasteiger partial charge is 0.462 e. The summed E-state index contributed by atoms with van der Waals surface area (Å²) in [6.45, 7) is 6.31. The number of hydrogen-bond acceptors (Lipinski definition) is 6. The molecule has 0 radical (unpaired) electrons. The predicted octanol–water partition coefficient (Wildman–Crippen LogP) is 18.1. The molecular formula is C61H98O6. The first-order chi connectivity index (χ1) is 33.0. The van der Waals surface area contributed by atoms with E-state index >= 15 is 0 Å². The van der Waals surface area contributed by atoms with Crippen LogP contribution in [0.3, 0.4) is 0 Å². The molecule has 378 valence electrons. The van der Waals surface area contributed by atoms with Crippen molar-refractivity contribution in [3.63, 3.8) is 0 Å². The van der Waals surface area contributed by atoms with Crippen molar-refractivity contribution < 1.29 is 28.6 Å². The van der Waals surface area contributed by atoms with E-state index in [2.05, 4.69) is 142 Å². The van der Waals surface area contributed by atoms with E-state index in [0.29, 0.717) is 19.3 Å². The maximum absolute atomic E-state index is 12.8. The quantitative estimate of drug-likeness (QED) is 0.0262. The van der Waals surface area contributed by atoms with Crippen LogP contribution in [-0.4, -0.2) is 37.2 Å². The van der Waals surface area contributed by atoms with E-state index < -0.39 is 6.10 Å². The SMILES string of the molecule is CC/C=C\C/C=C\C/C=C\C/C=C\C/C=C\CCCC(=O)OC[C@H](COC(=O)CCCCCCC/C=C\C/C=C\C/C=C\CC)OC(=O)CCCCCCCCC/C=C\C/C=C\CCCCC. The van der Waals surface area contributed by atoms with Crippen molar-refractivity contribution in [3.8, 4) is 0 Å². The summed E-state index contributed by atoms with van der Waals surface area (Å²) in [5, 5.41) is 0. The zero-order valence-corrected chi connectivity index (χ0v) is 43.1. The average molecular weight is 927 g/mol. The molecule has 0 spiro atoms. The smallest absolute Gasteiger partial charge is 0.306 e. The monoisotopic (exact) mass is 927 g/mol. The zero-order chi connectivity index (χ0) is 48.6. The normalized spacial score (nSPS) is 13.1. The lowest BCUT2D eigenvalue weighted by Crippen LogP contribution is -2.30. The highest BCUT2D eigenvalue weighted by atomic mass is 16.6. The second-order valence-corrected chi connectivity index (χ2v) is 17.4. The molecule has 0 aliphatic heterocycles. The first kappa shape index (κ1) is 62.8. The molecule has 6 heteroatoms. The van der Waals surface area contributed by atoms with Crippen molar-refractivity contribution in [3.05, 3.63) is 122 Å². The van der Waals surface area contributed by atoms with E-state index in [1.54, 1.807) is 0 Å². The number of hydrogen-bond donors (Lipinski definition) is 0. The van der Waals surface area contributed by atoms with Gasteiger partial charge in [0.05, 0.1) is 0 Å². The Morgan fingerprint density at radius 2 is 0.597 bits per heavy atom.